The zero-order valence-corrected chi connectivity index (χ0v) is 12.1. The summed E-state index contributed by atoms with van der Waals surface area (Å²) in [6.45, 7) is 1.33. The van der Waals surface area contributed by atoms with Crippen molar-refractivity contribution in [1.82, 2.24) is 4.90 Å². The molecular formula is C12H13ClF3NO2S. The third-order valence-electron chi connectivity index (χ3n) is 3.87. The summed E-state index contributed by atoms with van der Waals surface area (Å²) in [5.41, 5.74) is -1.86. The molecule has 20 heavy (non-hydrogen) atoms. The number of likely N-dealkylation sites (tertiary alicyclic amines) is 1. The molecule has 2 heterocycles. The second kappa shape index (κ2) is 5.20. The lowest BCUT2D eigenvalue weighted by atomic mass is 9.86. The molecule has 1 fully saturated rings. The highest BCUT2D eigenvalue weighted by atomic mass is 35.5. The number of hydrogen-bond donors (Lipinski definition) is 1. The summed E-state index contributed by atoms with van der Waals surface area (Å²) in [4.78, 5) is 12.7. The third kappa shape index (κ3) is 2.54. The van der Waals surface area contributed by atoms with E-state index in [1.165, 1.54) is 11.3 Å². The predicted octanol–water partition coefficient (Wildman–Crippen LogP) is 3.80. The Bertz CT molecular complexity index is 519. The number of carboxylic acid groups (broad SMARTS) is 1. The van der Waals surface area contributed by atoms with Gasteiger partial charge in [0.25, 0.3) is 0 Å². The molecule has 0 radical (unpaired) electrons. The van der Waals surface area contributed by atoms with E-state index in [-0.39, 0.29) is 12.6 Å². The van der Waals surface area contributed by atoms with Crippen molar-refractivity contribution >= 4 is 28.9 Å². The summed E-state index contributed by atoms with van der Waals surface area (Å²) < 4.78 is 39.8. The van der Waals surface area contributed by atoms with Crippen LogP contribution in [-0.4, -0.2) is 35.2 Å². The summed E-state index contributed by atoms with van der Waals surface area (Å²) in [6, 6.07) is 1.41. The predicted molar refractivity (Wildman–Crippen MR) is 70.1 cm³/mol. The van der Waals surface area contributed by atoms with E-state index < -0.39 is 30.5 Å². The maximum atomic E-state index is 13.1. The van der Waals surface area contributed by atoms with Crippen molar-refractivity contribution < 1.29 is 23.1 Å². The molecule has 2 rings (SSSR count). The first-order valence-corrected chi connectivity index (χ1v) is 7.21. The lowest BCUT2D eigenvalue weighted by Gasteiger charge is -2.29. The number of aliphatic carboxylic acids is 1. The van der Waals surface area contributed by atoms with Crippen molar-refractivity contribution in [2.45, 2.75) is 25.6 Å². The molecule has 0 bridgehead atoms. The summed E-state index contributed by atoms with van der Waals surface area (Å²) in [5.74, 6) is -1.80. The van der Waals surface area contributed by atoms with Gasteiger partial charge in [0, 0.05) is 19.1 Å². The van der Waals surface area contributed by atoms with Crippen LogP contribution in [-0.2, 0) is 4.79 Å². The van der Waals surface area contributed by atoms with Crippen LogP contribution in [0, 0.1) is 5.41 Å². The highest BCUT2D eigenvalue weighted by molar-refractivity contribution is 7.14. The second-order valence-electron chi connectivity index (χ2n) is 4.97. The van der Waals surface area contributed by atoms with Gasteiger partial charge in [-0.3, -0.25) is 9.69 Å². The molecule has 2 unspecified atom stereocenters. The molecule has 1 saturated heterocycles. The number of halogens is 4. The molecule has 0 amide bonds. The molecule has 3 nitrogen and oxygen atoms in total. The number of hydrogen-bond acceptors (Lipinski definition) is 3. The van der Waals surface area contributed by atoms with E-state index in [1.807, 2.05) is 0 Å². The highest BCUT2D eigenvalue weighted by Crippen LogP contribution is 2.47. The molecule has 1 aliphatic heterocycles. The Morgan fingerprint density at radius 1 is 1.60 bits per heavy atom. The molecule has 8 heteroatoms. The normalized spacial score (nSPS) is 25.9. The monoisotopic (exact) mass is 327 g/mol. The minimum Gasteiger partial charge on any atom is -0.481 e. The zero-order chi connectivity index (χ0) is 15.1. The van der Waals surface area contributed by atoms with Gasteiger partial charge in [0.2, 0.25) is 0 Å². The Hall–Kier alpha value is -0.790. The van der Waals surface area contributed by atoms with Crippen molar-refractivity contribution in [1.29, 1.82) is 0 Å². The van der Waals surface area contributed by atoms with Gasteiger partial charge in [-0.1, -0.05) is 11.6 Å². The van der Waals surface area contributed by atoms with Crippen LogP contribution in [0.5, 0.6) is 0 Å². The van der Waals surface area contributed by atoms with Gasteiger partial charge in [0.15, 0.2) is 5.41 Å². The van der Waals surface area contributed by atoms with Crippen LogP contribution in [0.1, 0.15) is 24.9 Å². The first-order chi connectivity index (χ1) is 9.17. The summed E-state index contributed by atoms with van der Waals surface area (Å²) >= 11 is 7.12. The Balaban J connectivity index is 2.21. The molecule has 2 atom stereocenters. The summed E-state index contributed by atoms with van der Waals surface area (Å²) in [6.07, 6.45) is -5.17. The summed E-state index contributed by atoms with van der Waals surface area (Å²) in [5, 5.41) is 10.8. The zero-order valence-electron chi connectivity index (χ0n) is 10.6. The fourth-order valence-electron chi connectivity index (χ4n) is 2.45. The van der Waals surface area contributed by atoms with Gasteiger partial charge in [-0.15, -0.1) is 11.3 Å². The molecule has 0 saturated carbocycles. The van der Waals surface area contributed by atoms with Gasteiger partial charge in [-0.2, -0.15) is 13.2 Å². The lowest BCUT2D eigenvalue weighted by molar-refractivity contribution is -0.227. The van der Waals surface area contributed by atoms with Gasteiger partial charge < -0.3 is 5.11 Å². The molecular weight excluding hydrogens is 315 g/mol. The van der Waals surface area contributed by atoms with E-state index >= 15 is 0 Å². The number of thiophene rings is 1. The minimum atomic E-state index is -4.75. The molecule has 112 valence electrons. The van der Waals surface area contributed by atoms with E-state index in [4.69, 9.17) is 16.7 Å². The molecule has 0 spiro atoms. The number of alkyl halides is 3. The van der Waals surface area contributed by atoms with Crippen molar-refractivity contribution in [2.24, 2.45) is 5.41 Å². The standard InChI is InChI=1S/C12H13ClF3NO2S/c1-7(8-4-9(13)20-5-8)17-3-2-11(6-17,10(18)19)12(14,15)16/h4-5,7H,2-3,6H2,1H3,(H,18,19). The quantitative estimate of drug-likeness (QED) is 0.918. The van der Waals surface area contributed by atoms with Crippen LogP contribution in [0.4, 0.5) is 13.2 Å². The van der Waals surface area contributed by atoms with Crippen molar-refractivity contribution in [3.63, 3.8) is 0 Å². The van der Waals surface area contributed by atoms with E-state index in [1.54, 1.807) is 23.3 Å². The van der Waals surface area contributed by atoms with Crippen LogP contribution in [0.3, 0.4) is 0 Å². The maximum absolute atomic E-state index is 13.1. The molecule has 0 aliphatic carbocycles. The Morgan fingerprint density at radius 3 is 2.65 bits per heavy atom. The molecule has 1 N–H and O–H groups in total. The highest BCUT2D eigenvalue weighted by Gasteiger charge is 2.63. The Morgan fingerprint density at radius 2 is 2.25 bits per heavy atom. The maximum Gasteiger partial charge on any atom is 0.406 e. The average Bonchev–Trinajstić information content (AvgIpc) is 2.93. The third-order valence-corrected chi connectivity index (χ3v) is 4.98. The van der Waals surface area contributed by atoms with E-state index in [9.17, 15) is 18.0 Å². The van der Waals surface area contributed by atoms with Crippen LogP contribution >= 0.6 is 22.9 Å². The number of nitrogens with zero attached hydrogens (tertiary/aromatic N) is 1. The van der Waals surface area contributed by atoms with Crippen molar-refractivity contribution in [3.05, 3.63) is 21.3 Å². The Labute approximate surface area is 123 Å². The molecule has 1 aromatic heterocycles. The first-order valence-electron chi connectivity index (χ1n) is 5.95. The van der Waals surface area contributed by atoms with Gasteiger partial charge >= 0.3 is 12.1 Å². The van der Waals surface area contributed by atoms with E-state index in [0.717, 1.165) is 5.56 Å². The Kier molecular flexibility index (Phi) is 4.05. The van der Waals surface area contributed by atoms with Gasteiger partial charge in [0.1, 0.15) is 0 Å². The van der Waals surface area contributed by atoms with Gasteiger partial charge in [-0.25, -0.2) is 0 Å². The smallest absolute Gasteiger partial charge is 0.406 e. The van der Waals surface area contributed by atoms with Crippen LogP contribution in [0.25, 0.3) is 0 Å². The second-order valence-corrected chi connectivity index (χ2v) is 6.51. The molecule has 1 aromatic rings. The number of rotatable bonds is 3. The first kappa shape index (κ1) is 15.6. The summed E-state index contributed by atoms with van der Waals surface area (Å²) in [7, 11) is 0. The largest absolute Gasteiger partial charge is 0.481 e. The van der Waals surface area contributed by atoms with Crippen LogP contribution in [0.2, 0.25) is 4.34 Å². The average molecular weight is 328 g/mol. The van der Waals surface area contributed by atoms with E-state index in [0.29, 0.717) is 4.34 Å². The van der Waals surface area contributed by atoms with Crippen molar-refractivity contribution in [3.8, 4) is 0 Å². The number of carbonyl (C=O) groups is 1. The fourth-order valence-corrected chi connectivity index (χ4v) is 3.43. The van der Waals surface area contributed by atoms with Gasteiger partial charge in [0.05, 0.1) is 4.34 Å². The van der Waals surface area contributed by atoms with Crippen LogP contribution in [0.15, 0.2) is 11.4 Å². The fraction of sp³-hybridized carbons (Fsp3) is 0.583. The van der Waals surface area contributed by atoms with E-state index in [2.05, 4.69) is 0 Å². The molecule has 1 aliphatic rings. The van der Waals surface area contributed by atoms with Crippen LogP contribution < -0.4 is 0 Å². The SMILES string of the molecule is CC(c1csc(Cl)c1)N1CCC(C(=O)O)(C(F)(F)F)C1. The lowest BCUT2D eigenvalue weighted by Crippen LogP contribution is -2.47. The molecule has 0 aromatic carbocycles. The topological polar surface area (TPSA) is 40.5 Å². The number of carboxylic acids is 1. The van der Waals surface area contributed by atoms with Gasteiger partial charge in [-0.05, 0) is 30.4 Å². The minimum absolute atomic E-state index is 0.0977. The van der Waals surface area contributed by atoms with Crippen molar-refractivity contribution in [2.75, 3.05) is 13.1 Å².